The van der Waals surface area contributed by atoms with Gasteiger partial charge in [-0.05, 0) is 70.9 Å². The number of likely N-dealkylation sites (N-methyl/N-ethyl adjacent to an activating group) is 1. The average Bonchev–Trinajstić information content (AvgIpc) is 2.87. The molecule has 1 unspecified atom stereocenters. The SMILES string of the molecule is CNCC(CC1CCCCC1)NC(=O)N1CCC[C@@H]([C@@](O)(CCCCOC)c2cc(C)cc(C)c2)C1. The first-order valence-electron chi connectivity index (χ1n) is 14.4. The van der Waals surface area contributed by atoms with Crippen LogP contribution in [0.5, 0.6) is 0 Å². The number of hydrogen-bond acceptors (Lipinski definition) is 4. The third-order valence-electron chi connectivity index (χ3n) is 8.38. The van der Waals surface area contributed by atoms with Crippen LogP contribution in [0.2, 0.25) is 0 Å². The summed E-state index contributed by atoms with van der Waals surface area (Å²) in [5, 5.41) is 18.9. The van der Waals surface area contributed by atoms with E-state index in [1.807, 2.05) is 11.9 Å². The van der Waals surface area contributed by atoms with Gasteiger partial charge in [-0.15, -0.1) is 0 Å². The number of aryl methyl sites for hydroxylation is 2. The monoisotopic (exact) mass is 501 g/mol. The summed E-state index contributed by atoms with van der Waals surface area (Å²) in [5.41, 5.74) is 2.39. The van der Waals surface area contributed by atoms with Gasteiger partial charge in [0.2, 0.25) is 0 Å². The van der Waals surface area contributed by atoms with Crippen molar-refractivity contribution in [3.8, 4) is 0 Å². The lowest BCUT2D eigenvalue weighted by Gasteiger charge is -2.43. The van der Waals surface area contributed by atoms with Crippen LogP contribution >= 0.6 is 0 Å². The summed E-state index contributed by atoms with van der Waals surface area (Å²) in [7, 11) is 3.69. The number of nitrogens with one attached hydrogen (secondary N) is 2. The molecule has 6 heteroatoms. The Balaban J connectivity index is 1.71. The Kier molecular flexibility index (Phi) is 11.5. The van der Waals surface area contributed by atoms with E-state index in [1.165, 1.54) is 43.2 Å². The van der Waals surface area contributed by atoms with E-state index in [0.29, 0.717) is 25.5 Å². The van der Waals surface area contributed by atoms with Crippen molar-refractivity contribution < 1.29 is 14.6 Å². The fourth-order valence-electron chi connectivity index (χ4n) is 6.53. The Labute approximate surface area is 219 Å². The molecule has 1 heterocycles. The Hall–Kier alpha value is -1.63. The maximum atomic E-state index is 13.4. The van der Waals surface area contributed by atoms with E-state index in [0.717, 1.165) is 50.8 Å². The van der Waals surface area contributed by atoms with Gasteiger partial charge in [-0.3, -0.25) is 0 Å². The first-order chi connectivity index (χ1) is 17.4. The van der Waals surface area contributed by atoms with Gasteiger partial charge in [0.15, 0.2) is 0 Å². The highest BCUT2D eigenvalue weighted by molar-refractivity contribution is 5.74. The van der Waals surface area contributed by atoms with Crippen LogP contribution in [0.25, 0.3) is 0 Å². The molecule has 3 rings (SSSR count). The lowest BCUT2D eigenvalue weighted by Crippen LogP contribution is -2.54. The van der Waals surface area contributed by atoms with Gasteiger partial charge < -0.3 is 25.4 Å². The van der Waals surface area contributed by atoms with E-state index in [1.54, 1.807) is 7.11 Å². The molecule has 3 N–H and O–H groups in total. The number of piperidine rings is 1. The molecule has 2 fully saturated rings. The van der Waals surface area contributed by atoms with Crippen molar-refractivity contribution in [3.05, 3.63) is 34.9 Å². The molecule has 1 saturated heterocycles. The maximum Gasteiger partial charge on any atom is 0.317 e. The second-order valence-corrected chi connectivity index (χ2v) is 11.5. The topological polar surface area (TPSA) is 73.8 Å². The van der Waals surface area contributed by atoms with E-state index in [4.69, 9.17) is 4.74 Å². The van der Waals surface area contributed by atoms with Crippen molar-refractivity contribution in [3.63, 3.8) is 0 Å². The standard InChI is InChI=1S/C30H51N3O3/c1-23-17-24(2)19-27(18-23)30(35,14-8-9-16-36-4)26-13-10-15-33(22-26)29(34)32-28(21-31-3)20-25-11-6-5-7-12-25/h17-19,25-26,28,31,35H,5-16,20-22H2,1-4H3,(H,32,34)/t26-,28?,30+/m1/s1. The smallest absolute Gasteiger partial charge is 0.317 e. The van der Waals surface area contributed by atoms with Crippen LogP contribution in [0.1, 0.15) is 87.3 Å². The number of aliphatic hydroxyl groups is 1. The summed E-state index contributed by atoms with van der Waals surface area (Å²) in [5.74, 6) is 0.732. The van der Waals surface area contributed by atoms with Crippen molar-refractivity contribution in [2.75, 3.05) is 40.4 Å². The molecule has 1 aromatic carbocycles. The maximum absolute atomic E-state index is 13.4. The number of likely N-dealkylation sites (tertiary alicyclic amines) is 1. The zero-order valence-corrected chi connectivity index (χ0v) is 23.3. The van der Waals surface area contributed by atoms with Crippen LogP contribution in [0, 0.1) is 25.7 Å². The van der Waals surface area contributed by atoms with Crippen molar-refractivity contribution in [1.29, 1.82) is 0 Å². The molecular formula is C30H51N3O3. The van der Waals surface area contributed by atoms with E-state index >= 15 is 0 Å². The first-order valence-corrected chi connectivity index (χ1v) is 14.4. The minimum Gasteiger partial charge on any atom is -0.385 e. The van der Waals surface area contributed by atoms with E-state index in [2.05, 4.69) is 42.7 Å². The zero-order chi connectivity index (χ0) is 26.0. The Bertz CT molecular complexity index is 790. The second kappa shape index (κ2) is 14.3. The van der Waals surface area contributed by atoms with Gasteiger partial charge in [0.25, 0.3) is 0 Å². The van der Waals surface area contributed by atoms with Crippen LogP contribution in [-0.2, 0) is 10.3 Å². The number of amides is 2. The molecule has 0 aromatic heterocycles. The Morgan fingerprint density at radius 1 is 1.11 bits per heavy atom. The summed E-state index contributed by atoms with van der Waals surface area (Å²) < 4.78 is 5.26. The van der Waals surface area contributed by atoms with Gasteiger partial charge in [0, 0.05) is 45.3 Å². The molecule has 2 aliphatic rings. The number of nitrogens with zero attached hydrogens (tertiary/aromatic N) is 1. The molecule has 6 nitrogen and oxygen atoms in total. The molecule has 1 aromatic rings. The number of benzene rings is 1. The molecule has 3 atom stereocenters. The number of carbonyl (C=O) groups excluding carboxylic acids is 1. The van der Waals surface area contributed by atoms with Crippen LogP contribution in [0.15, 0.2) is 18.2 Å². The number of hydrogen-bond donors (Lipinski definition) is 3. The molecule has 2 amide bonds. The fraction of sp³-hybridized carbons (Fsp3) is 0.767. The average molecular weight is 502 g/mol. The number of rotatable bonds is 12. The van der Waals surface area contributed by atoms with Gasteiger partial charge in [-0.1, -0.05) is 61.4 Å². The van der Waals surface area contributed by atoms with Gasteiger partial charge in [0.05, 0.1) is 5.60 Å². The highest BCUT2D eigenvalue weighted by atomic mass is 16.5. The summed E-state index contributed by atoms with van der Waals surface area (Å²) in [6.45, 7) is 7.04. The Morgan fingerprint density at radius 2 is 1.83 bits per heavy atom. The van der Waals surface area contributed by atoms with Crippen molar-refractivity contribution >= 4 is 6.03 Å². The highest BCUT2D eigenvalue weighted by Crippen LogP contribution is 2.40. The van der Waals surface area contributed by atoms with Crippen LogP contribution < -0.4 is 10.6 Å². The molecule has 0 bridgehead atoms. The molecule has 1 saturated carbocycles. The van der Waals surface area contributed by atoms with E-state index in [9.17, 15) is 9.90 Å². The highest BCUT2D eigenvalue weighted by Gasteiger charge is 2.41. The molecular weight excluding hydrogens is 450 g/mol. The zero-order valence-electron chi connectivity index (χ0n) is 23.3. The predicted octanol–water partition coefficient (Wildman–Crippen LogP) is 5.29. The first kappa shape index (κ1) is 28.9. The number of ether oxygens (including phenoxy) is 1. The molecule has 36 heavy (non-hydrogen) atoms. The summed E-state index contributed by atoms with van der Waals surface area (Å²) in [6.07, 6.45) is 12.0. The quantitative estimate of drug-likeness (QED) is 0.340. The van der Waals surface area contributed by atoms with Gasteiger partial charge in [-0.2, -0.15) is 0 Å². The normalized spacial score (nSPS) is 21.7. The van der Waals surface area contributed by atoms with Gasteiger partial charge >= 0.3 is 6.03 Å². The van der Waals surface area contributed by atoms with Crippen LogP contribution in [-0.4, -0.2) is 62.5 Å². The third-order valence-corrected chi connectivity index (χ3v) is 8.38. The second-order valence-electron chi connectivity index (χ2n) is 11.5. The molecule has 1 aliphatic carbocycles. The number of unbranched alkanes of at least 4 members (excludes halogenated alkanes) is 1. The molecule has 1 aliphatic heterocycles. The van der Waals surface area contributed by atoms with E-state index in [-0.39, 0.29) is 18.0 Å². The van der Waals surface area contributed by atoms with Crippen molar-refractivity contribution in [2.24, 2.45) is 11.8 Å². The van der Waals surface area contributed by atoms with Gasteiger partial charge in [0.1, 0.15) is 0 Å². The largest absolute Gasteiger partial charge is 0.385 e. The summed E-state index contributed by atoms with van der Waals surface area (Å²) in [4.78, 5) is 15.4. The lowest BCUT2D eigenvalue weighted by molar-refractivity contribution is -0.0564. The third kappa shape index (κ3) is 8.19. The summed E-state index contributed by atoms with van der Waals surface area (Å²) in [6, 6.07) is 6.60. The summed E-state index contributed by atoms with van der Waals surface area (Å²) >= 11 is 0. The van der Waals surface area contributed by atoms with Gasteiger partial charge in [-0.25, -0.2) is 4.79 Å². The minimum atomic E-state index is -0.948. The van der Waals surface area contributed by atoms with Crippen LogP contribution in [0.4, 0.5) is 4.79 Å². The molecule has 0 spiro atoms. The molecule has 204 valence electrons. The van der Waals surface area contributed by atoms with Crippen molar-refractivity contribution in [2.45, 2.75) is 96.1 Å². The lowest BCUT2D eigenvalue weighted by atomic mass is 9.73. The predicted molar refractivity (Wildman–Crippen MR) is 147 cm³/mol. The van der Waals surface area contributed by atoms with E-state index < -0.39 is 5.60 Å². The van der Waals surface area contributed by atoms with Crippen LogP contribution in [0.3, 0.4) is 0 Å². The number of methoxy groups -OCH3 is 1. The number of carbonyl (C=O) groups is 1. The minimum absolute atomic E-state index is 0.0156. The fourth-order valence-corrected chi connectivity index (χ4v) is 6.53. The molecule has 0 radical (unpaired) electrons. The number of urea groups is 1. The Morgan fingerprint density at radius 3 is 2.50 bits per heavy atom. The van der Waals surface area contributed by atoms with Crippen molar-refractivity contribution in [1.82, 2.24) is 15.5 Å².